The molecule has 0 fully saturated rings. The Hall–Kier alpha value is -6.69. The first-order valence-electron chi connectivity index (χ1n) is 18.8. The SMILES string of the molecule is Cc1ccc2c(c(C)sc3c1ccc1c3c3ccccc3n1-c1ccc3oc4ccccc4c3c1)c1ccccc1n2-c1ccc2c(c1)-c1ncccc1C2. The molecule has 0 amide bonds. The number of para-hydroxylation sites is 3. The van der Waals surface area contributed by atoms with Crippen molar-refractivity contribution in [2.45, 2.75) is 20.3 Å². The lowest BCUT2D eigenvalue weighted by Gasteiger charge is -2.10. The first-order chi connectivity index (χ1) is 27.1. The summed E-state index contributed by atoms with van der Waals surface area (Å²) in [4.78, 5) is 6.08. The number of hydrogen-bond acceptors (Lipinski definition) is 3. The topological polar surface area (TPSA) is 35.9 Å². The van der Waals surface area contributed by atoms with E-state index in [9.17, 15) is 0 Å². The Balaban J connectivity index is 1.16. The molecule has 0 aliphatic heterocycles. The van der Waals surface area contributed by atoms with Gasteiger partial charge in [-0.15, -0.1) is 11.3 Å². The van der Waals surface area contributed by atoms with Crippen molar-refractivity contribution in [1.82, 2.24) is 14.1 Å². The molecule has 0 unspecified atom stereocenters. The number of benzene rings is 6. The lowest BCUT2D eigenvalue weighted by atomic mass is 10.1. The maximum Gasteiger partial charge on any atom is 0.135 e. The monoisotopic (exact) mass is 723 g/mol. The lowest BCUT2D eigenvalue weighted by Crippen LogP contribution is -1.95. The highest BCUT2D eigenvalue weighted by molar-refractivity contribution is 7.20. The van der Waals surface area contributed by atoms with E-state index in [2.05, 4.69) is 150 Å². The maximum atomic E-state index is 6.23. The first kappa shape index (κ1) is 30.7. The number of rotatable bonds is 2. The van der Waals surface area contributed by atoms with Crippen LogP contribution in [0, 0.1) is 13.8 Å². The molecule has 55 heavy (non-hydrogen) atoms. The Kier molecular flexibility index (Phi) is 6.38. The smallest absolute Gasteiger partial charge is 0.135 e. The molecule has 260 valence electrons. The van der Waals surface area contributed by atoms with Crippen molar-refractivity contribution in [3.05, 3.63) is 173 Å². The molecule has 5 heteroatoms. The molecule has 1 aliphatic carbocycles. The average molecular weight is 724 g/mol. The van der Waals surface area contributed by atoms with Gasteiger partial charge in [-0.3, -0.25) is 4.98 Å². The molecular weight excluding hydrogens is 691 g/mol. The summed E-state index contributed by atoms with van der Waals surface area (Å²) in [6.07, 6.45) is 2.84. The fraction of sp³-hybridized carbons (Fsp3) is 0.0600. The van der Waals surface area contributed by atoms with Crippen molar-refractivity contribution in [2.75, 3.05) is 0 Å². The van der Waals surface area contributed by atoms with Gasteiger partial charge in [0.2, 0.25) is 0 Å². The second-order valence-corrected chi connectivity index (χ2v) is 16.0. The minimum atomic E-state index is 0.904. The van der Waals surface area contributed by atoms with Crippen LogP contribution >= 0.6 is 11.3 Å². The lowest BCUT2D eigenvalue weighted by molar-refractivity contribution is 0.669. The van der Waals surface area contributed by atoms with Gasteiger partial charge >= 0.3 is 0 Å². The van der Waals surface area contributed by atoms with Gasteiger partial charge in [0.1, 0.15) is 11.2 Å². The van der Waals surface area contributed by atoms with Crippen molar-refractivity contribution >= 4 is 87.0 Å². The van der Waals surface area contributed by atoms with Crippen molar-refractivity contribution in [2.24, 2.45) is 0 Å². The Labute approximate surface area is 320 Å². The van der Waals surface area contributed by atoms with Crippen molar-refractivity contribution in [3.8, 4) is 22.6 Å². The third-order valence-electron chi connectivity index (χ3n) is 11.7. The molecule has 4 nitrogen and oxygen atoms in total. The molecule has 1 aliphatic rings. The van der Waals surface area contributed by atoms with Crippen LogP contribution in [0.25, 0.3) is 98.3 Å². The normalized spacial score (nSPS) is 12.5. The average Bonchev–Trinajstić information content (AvgIpc) is 3.97. The fourth-order valence-electron chi connectivity index (χ4n) is 9.25. The van der Waals surface area contributed by atoms with Crippen LogP contribution < -0.4 is 0 Å². The molecule has 6 aromatic carbocycles. The molecule has 0 bridgehead atoms. The van der Waals surface area contributed by atoms with Crippen LogP contribution in [0.2, 0.25) is 0 Å². The Morgan fingerprint density at radius 3 is 2.04 bits per heavy atom. The van der Waals surface area contributed by atoms with E-state index in [1.807, 2.05) is 35.7 Å². The number of fused-ring (bicyclic) bond motifs is 14. The highest BCUT2D eigenvalue weighted by Crippen LogP contribution is 2.43. The van der Waals surface area contributed by atoms with E-state index in [0.29, 0.717) is 0 Å². The molecule has 0 atom stereocenters. The predicted octanol–water partition coefficient (Wildman–Crippen LogP) is 13.7. The van der Waals surface area contributed by atoms with E-state index < -0.39 is 0 Å². The highest BCUT2D eigenvalue weighted by atomic mass is 32.1. The number of aryl methyl sites for hydroxylation is 2. The van der Waals surface area contributed by atoms with Crippen molar-refractivity contribution in [1.29, 1.82) is 0 Å². The second-order valence-electron chi connectivity index (χ2n) is 14.8. The molecule has 5 heterocycles. The van der Waals surface area contributed by atoms with E-state index >= 15 is 0 Å². The van der Waals surface area contributed by atoms with Crippen molar-refractivity contribution < 1.29 is 4.42 Å². The molecule has 0 spiro atoms. The van der Waals surface area contributed by atoms with Crippen molar-refractivity contribution in [3.63, 3.8) is 0 Å². The summed E-state index contributed by atoms with van der Waals surface area (Å²) < 4.78 is 12.4. The Bertz CT molecular complexity index is 3500. The van der Waals surface area contributed by atoms with Crippen LogP contribution in [0.15, 0.2) is 156 Å². The zero-order valence-corrected chi connectivity index (χ0v) is 31.1. The van der Waals surface area contributed by atoms with Gasteiger partial charge in [0.05, 0.1) is 27.8 Å². The van der Waals surface area contributed by atoms with E-state index in [1.54, 1.807) is 0 Å². The van der Waals surface area contributed by atoms with Gasteiger partial charge < -0.3 is 13.6 Å². The van der Waals surface area contributed by atoms with Crippen LogP contribution in [0.4, 0.5) is 0 Å². The predicted molar refractivity (Wildman–Crippen MR) is 231 cm³/mol. The molecule has 0 saturated carbocycles. The quantitative estimate of drug-likeness (QED) is 0.178. The largest absolute Gasteiger partial charge is 0.456 e. The van der Waals surface area contributed by atoms with Crippen LogP contribution in [-0.2, 0) is 6.42 Å². The maximum absolute atomic E-state index is 6.23. The van der Waals surface area contributed by atoms with Crippen LogP contribution in [0.3, 0.4) is 0 Å². The summed E-state index contributed by atoms with van der Waals surface area (Å²) in [5.74, 6) is 0. The third kappa shape index (κ3) is 4.36. The summed E-state index contributed by atoms with van der Waals surface area (Å²) in [5.41, 5.74) is 15.1. The minimum Gasteiger partial charge on any atom is -0.456 e. The highest BCUT2D eigenvalue weighted by Gasteiger charge is 2.22. The number of aromatic nitrogens is 3. The van der Waals surface area contributed by atoms with Gasteiger partial charge in [-0.2, -0.15) is 0 Å². The van der Waals surface area contributed by atoms with Gasteiger partial charge in [-0.05, 0) is 103 Å². The Morgan fingerprint density at radius 2 is 1.20 bits per heavy atom. The first-order valence-corrected chi connectivity index (χ1v) is 19.6. The summed E-state index contributed by atoms with van der Waals surface area (Å²) in [5, 5.41) is 8.57. The van der Waals surface area contributed by atoms with Gasteiger partial charge in [0, 0.05) is 71.5 Å². The molecule has 11 aromatic rings. The van der Waals surface area contributed by atoms with E-state index in [0.717, 1.165) is 45.4 Å². The van der Waals surface area contributed by atoms with E-state index in [-0.39, 0.29) is 0 Å². The minimum absolute atomic E-state index is 0.904. The van der Waals surface area contributed by atoms with Gasteiger partial charge in [0.15, 0.2) is 0 Å². The molecule has 5 aromatic heterocycles. The molecule has 0 radical (unpaired) electrons. The zero-order chi connectivity index (χ0) is 36.4. The number of hydrogen-bond donors (Lipinski definition) is 0. The molecule has 0 saturated heterocycles. The van der Waals surface area contributed by atoms with E-state index in [1.165, 1.54) is 80.8 Å². The van der Waals surface area contributed by atoms with Crippen LogP contribution in [0.5, 0.6) is 0 Å². The zero-order valence-electron chi connectivity index (χ0n) is 30.3. The number of furan rings is 1. The number of pyridine rings is 1. The third-order valence-corrected chi connectivity index (χ3v) is 12.9. The van der Waals surface area contributed by atoms with E-state index in [4.69, 9.17) is 9.40 Å². The van der Waals surface area contributed by atoms with Crippen LogP contribution in [-0.4, -0.2) is 14.1 Å². The summed E-state index contributed by atoms with van der Waals surface area (Å²) in [7, 11) is 0. The van der Waals surface area contributed by atoms with Crippen LogP contribution in [0.1, 0.15) is 21.6 Å². The molecular formula is C50H33N3OS. The fourth-order valence-corrected chi connectivity index (χ4v) is 10.5. The standard InChI is InChI=1S/C50H33N3OS/c1-29-17-22-43-47(37-12-3-6-14-41(37)52(43)33-19-18-31-26-32-10-9-25-51-49(32)39(31)27-33)30(2)55-50-35(29)21-23-44-48(50)38-13-4-7-15-42(38)53(44)34-20-24-46-40(28-34)36-11-5-8-16-45(36)54-46/h3-25,27-28H,26H2,1-2H3. The molecule has 12 rings (SSSR count). The second kappa shape index (κ2) is 11.4. The van der Waals surface area contributed by atoms with Gasteiger partial charge in [0.25, 0.3) is 0 Å². The molecule has 0 N–H and O–H groups in total. The summed E-state index contributed by atoms with van der Waals surface area (Å²) in [6.45, 7) is 4.56. The van der Waals surface area contributed by atoms with Gasteiger partial charge in [-0.1, -0.05) is 78.9 Å². The Morgan fingerprint density at radius 1 is 0.527 bits per heavy atom. The van der Waals surface area contributed by atoms with Gasteiger partial charge in [-0.25, -0.2) is 0 Å². The summed E-state index contributed by atoms with van der Waals surface area (Å²) >= 11 is 1.90. The number of nitrogens with zero attached hydrogens (tertiary/aromatic N) is 3. The summed E-state index contributed by atoms with van der Waals surface area (Å²) in [6, 6.07) is 53.1.